The summed E-state index contributed by atoms with van der Waals surface area (Å²) in [6.45, 7) is 6.42. The van der Waals surface area contributed by atoms with Gasteiger partial charge in [0.2, 0.25) is 0 Å². The van der Waals surface area contributed by atoms with Crippen molar-refractivity contribution in [1.82, 2.24) is 0 Å². The first-order valence-electron chi connectivity index (χ1n) is 31.3. The van der Waals surface area contributed by atoms with Gasteiger partial charge in [0.25, 0.3) is 0 Å². The quantitative estimate of drug-likeness (QED) is 0.0261. The molecule has 0 fully saturated rings. The van der Waals surface area contributed by atoms with Crippen LogP contribution in [0.4, 0.5) is 0 Å². The number of carbonyl (C=O) groups excluding carboxylic acids is 3. The van der Waals surface area contributed by atoms with Crippen molar-refractivity contribution < 1.29 is 28.6 Å². The van der Waals surface area contributed by atoms with Crippen LogP contribution in [-0.4, -0.2) is 37.2 Å². The molecule has 0 amide bonds. The second-order valence-electron chi connectivity index (χ2n) is 20.9. The standard InChI is InChI=1S/C66H118O6/c1-4-7-10-13-16-18-20-22-23-24-25-26-27-28-29-30-31-32-33-34-35-36-37-38-39-40-41-42-43-45-46-48-50-53-56-59-65(68)71-62-63(61-70-64(67)58-55-52-15-12-9-6-3)72-66(69)60-57-54-51-49-47-44-21-19-17-14-11-8-5-2/h8,11,17,19,24-25,44,47,51,54,63H,4-7,9-10,12-16,18,20-23,26-43,45-46,48-50,52-53,55-62H2,1-3H3/b11-8-,19-17-,25-24-,47-44-,54-51-. The Balaban J connectivity index is 3.89. The molecule has 72 heavy (non-hydrogen) atoms. The first kappa shape index (κ1) is 69.1. The van der Waals surface area contributed by atoms with Gasteiger partial charge in [-0.25, -0.2) is 0 Å². The molecule has 0 aliphatic rings. The molecule has 0 saturated carbocycles. The molecule has 0 N–H and O–H groups in total. The van der Waals surface area contributed by atoms with Crippen LogP contribution in [0.15, 0.2) is 60.8 Å². The van der Waals surface area contributed by atoms with Gasteiger partial charge in [-0.05, 0) is 70.6 Å². The van der Waals surface area contributed by atoms with E-state index in [9.17, 15) is 14.4 Å². The van der Waals surface area contributed by atoms with E-state index >= 15 is 0 Å². The third-order valence-corrected chi connectivity index (χ3v) is 13.8. The Kier molecular flexibility index (Phi) is 58.2. The molecule has 0 bridgehead atoms. The maximum Gasteiger partial charge on any atom is 0.306 e. The van der Waals surface area contributed by atoms with E-state index in [-0.39, 0.29) is 37.5 Å². The van der Waals surface area contributed by atoms with Gasteiger partial charge in [0.05, 0.1) is 0 Å². The van der Waals surface area contributed by atoms with Crippen LogP contribution in [0.5, 0.6) is 0 Å². The smallest absolute Gasteiger partial charge is 0.306 e. The molecule has 418 valence electrons. The fourth-order valence-electron chi connectivity index (χ4n) is 9.10. The van der Waals surface area contributed by atoms with Crippen molar-refractivity contribution in [3.8, 4) is 0 Å². The molecular weight excluding hydrogens is 889 g/mol. The van der Waals surface area contributed by atoms with Crippen molar-refractivity contribution in [2.75, 3.05) is 13.2 Å². The third kappa shape index (κ3) is 58.0. The molecule has 0 heterocycles. The highest BCUT2D eigenvalue weighted by atomic mass is 16.6. The fraction of sp³-hybridized carbons (Fsp3) is 0.803. The minimum Gasteiger partial charge on any atom is -0.462 e. The Bertz CT molecular complexity index is 1290. The highest BCUT2D eigenvalue weighted by Crippen LogP contribution is 2.17. The van der Waals surface area contributed by atoms with E-state index in [2.05, 4.69) is 69.4 Å². The SMILES string of the molecule is CC/C=C\C/C=C\C/C=C\C/C=C\CCC(=O)OC(COC(=O)CCCCCCCC)COC(=O)CCCCCCCCCCCCCCCCCCCCCCCCC/C=C\CCCCCCCCCC. The van der Waals surface area contributed by atoms with Crippen LogP contribution in [-0.2, 0) is 28.6 Å². The minimum atomic E-state index is -0.806. The first-order chi connectivity index (χ1) is 35.5. The van der Waals surface area contributed by atoms with Gasteiger partial charge < -0.3 is 14.2 Å². The maximum atomic E-state index is 12.7. The topological polar surface area (TPSA) is 78.9 Å². The number of unbranched alkanes of at least 4 members (excludes halogenated alkanes) is 36. The normalized spacial score (nSPS) is 12.4. The average Bonchev–Trinajstić information content (AvgIpc) is 3.38. The third-order valence-electron chi connectivity index (χ3n) is 13.8. The lowest BCUT2D eigenvalue weighted by atomic mass is 10.0. The number of rotatable bonds is 57. The zero-order valence-corrected chi connectivity index (χ0v) is 47.9. The van der Waals surface area contributed by atoms with Crippen molar-refractivity contribution in [2.24, 2.45) is 0 Å². The number of hydrogen-bond donors (Lipinski definition) is 0. The van der Waals surface area contributed by atoms with Crippen LogP contribution in [0.25, 0.3) is 0 Å². The summed E-state index contributed by atoms with van der Waals surface area (Å²) in [5, 5.41) is 0. The predicted molar refractivity (Wildman–Crippen MR) is 312 cm³/mol. The Labute approximate surface area is 447 Å². The van der Waals surface area contributed by atoms with E-state index in [0.29, 0.717) is 19.3 Å². The van der Waals surface area contributed by atoms with Crippen LogP contribution in [0.3, 0.4) is 0 Å². The van der Waals surface area contributed by atoms with Gasteiger partial charge in [0.1, 0.15) is 13.2 Å². The minimum absolute atomic E-state index is 0.0998. The molecule has 0 aromatic rings. The van der Waals surface area contributed by atoms with Crippen LogP contribution in [0.1, 0.15) is 323 Å². The number of hydrogen-bond acceptors (Lipinski definition) is 6. The van der Waals surface area contributed by atoms with Crippen LogP contribution >= 0.6 is 0 Å². The average molecular weight is 1010 g/mol. The van der Waals surface area contributed by atoms with E-state index in [0.717, 1.165) is 64.2 Å². The maximum absolute atomic E-state index is 12.7. The molecule has 0 rings (SSSR count). The van der Waals surface area contributed by atoms with Gasteiger partial charge in [-0.3, -0.25) is 14.4 Å². The molecule has 0 radical (unpaired) electrons. The summed E-state index contributed by atoms with van der Waals surface area (Å²) in [6, 6.07) is 0. The van der Waals surface area contributed by atoms with Gasteiger partial charge in [0.15, 0.2) is 6.10 Å². The molecule has 0 aromatic carbocycles. The Hall–Kier alpha value is -2.89. The van der Waals surface area contributed by atoms with Crippen LogP contribution in [0.2, 0.25) is 0 Å². The summed E-state index contributed by atoms with van der Waals surface area (Å²) in [5.74, 6) is -0.983. The van der Waals surface area contributed by atoms with Gasteiger partial charge in [-0.15, -0.1) is 0 Å². The van der Waals surface area contributed by atoms with Crippen LogP contribution in [0, 0.1) is 0 Å². The van der Waals surface area contributed by atoms with E-state index in [1.165, 1.54) is 212 Å². The van der Waals surface area contributed by atoms with E-state index in [4.69, 9.17) is 14.2 Å². The second kappa shape index (κ2) is 60.7. The fourth-order valence-corrected chi connectivity index (χ4v) is 9.10. The largest absolute Gasteiger partial charge is 0.462 e. The molecule has 0 saturated heterocycles. The van der Waals surface area contributed by atoms with Crippen LogP contribution < -0.4 is 0 Å². The van der Waals surface area contributed by atoms with Crippen molar-refractivity contribution >= 4 is 17.9 Å². The highest BCUT2D eigenvalue weighted by Gasteiger charge is 2.19. The molecule has 6 heteroatoms. The van der Waals surface area contributed by atoms with Gasteiger partial charge >= 0.3 is 17.9 Å². The lowest BCUT2D eigenvalue weighted by molar-refractivity contribution is -0.166. The lowest BCUT2D eigenvalue weighted by Gasteiger charge is -2.18. The molecule has 0 aliphatic carbocycles. The number of esters is 3. The van der Waals surface area contributed by atoms with Crippen molar-refractivity contribution in [1.29, 1.82) is 0 Å². The van der Waals surface area contributed by atoms with Crippen molar-refractivity contribution in [3.63, 3.8) is 0 Å². The Morgan fingerprint density at radius 3 is 0.903 bits per heavy atom. The number of ether oxygens (including phenoxy) is 3. The van der Waals surface area contributed by atoms with Crippen molar-refractivity contribution in [2.45, 2.75) is 329 Å². The zero-order valence-electron chi connectivity index (χ0n) is 47.9. The molecule has 1 atom stereocenters. The van der Waals surface area contributed by atoms with E-state index in [1.807, 2.05) is 12.2 Å². The second-order valence-corrected chi connectivity index (χ2v) is 20.9. The summed E-state index contributed by atoms with van der Waals surface area (Å²) in [4.78, 5) is 37.8. The molecular formula is C66H118O6. The Morgan fingerprint density at radius 2 is 0.569 bits per heavy atom. The first-order valence-corrected chi connectivity index (χ1v) is 31.3. The number of allylic oxidation sites excluding steroid dienone is 10. The molecule has 0 spiro atoms. The summed E-state index contributed by atoms with van der Waals surface area (Å²) in [5.41, 5.74) is 0. The monoisotopic (exact) mass is 1010 g/mol. The molecule has 1 unspecified atom stereocenters. The summed E-state index contributed by atoms with van der Waals surface area (Å²) in [6.07, 6.45) is 77.5. The lowest BCUT2D eigenvalue weighted by Crippen LogP contribution is -2.30. The van der Waals surface area contributed by atoms with E-state index < -0.39 is 6.10 Å². The van der Waals surface area contributed by atoms with Crippen molar-refractivity contribution in [3.05, 3.63) is 60.8 Å². The summed E-state index contributed by atoms with van der Waals surface area (Å²) >= 11 is 0. The zero-order chi connectivity index (χ0) is 52.2. The number of carbonyl (C=O) groups is 3. The molecule has 0 aliphatic heterocycles. The summed E-state index contributed by atoms with van der Waals surface area (Å²) in [7, 11) is 0. The van der Waals surface area contributed by atoms with Gasteiger partial charge in [0, 0.05) is 19.3 Å². The highest BCUT2D eigenvalue weighted by molar-refractivity contribution is 5.71. The van der Waals surface area contributed by atoms with Gasteiger partial charge in [-0.2, -0.15) is 0 Å². The van der Waals surface area contributed by atoms with Gasteiger partial charge in [-0.1, -0.05) is 293 Å². The molecule has 6 nitrogen and oxygen atoms in total. The van der Waals surface area contributed by atoms with E-state index in [1.54, 1.807) is 0 Å². The predicted octanol–water partition coefficient (Wildman–Crippen LogP) is 21.2. The molecule has 0 aromatic heterocycles. The summed E-state index contributed by atoms with van der Waals surface area (Å²) < 4.78 is 16.7. The Morgan fingerprint density at radius 1 is 0.292 bits per heavy atom.